The Bertz CT molecular complexity index is 319. The molecule has 84 valence electrons. The van der Waals surface area contributed by atoms with Crippen LogP contribution >= 0.6 is 0 Å². The van der Waals surface area contributed by atoms with Crippen molar-refractivity contribution in [3.05, 3.63) is 12.2 Å². The smallest absolute Gasteiger partial charge is 0.0472 e. The van der Waals surface area contributed by atoms with Crippen LogP contribution in [0.1, 0.15) is 46.5 Å². The molecule has 1 unspecified atom stereocenters. The molecular weight excluding hydrogens is 182 g/mol. The molecule has 2 aliphatic heterocycles. The van der Waals surface area contributed by atoms with Gasteiger partial charge in [-0.1, -0.05) is 32.9 Å². The zero-order valence-electron chi connectivity index (χ0n) is 10.4. The highest BCUT2D eigenvalue weighted by Crippen LogP contribution is 2.65. The van der Waals surface area contributed by atoms with Crippen molar-refractivity contribution in [2.45, 2.75) is 52.0 Å². The summed E-state index contributed by atoms with van der Waals surface area (Å²) in [5.74, 6) is 0. The molecule has 15 heavy (non-hydrogen) atoms. The van der Waals surface area contributed by atoms with Crippen LogP contribution in [-0.2, 0) is 0 Å². The summed E-state index contributed by atoms with van der Waals surface area (Å²) in [6, 6.07) is 0. The summed E-state index contributed by atoms with van der Waals surface area (Å²) in [6.45, 7) is 14.2. The summed E-state index contributed by atoms with van der Waals surface area (Å²) in [5, 5.41) is 0. The Morgan fingerprint density at radius 2 is 1.93 bits per heavy atom. The second-order valence-corrected chi connectivity index (χ2v) is 7.06. The molecule has 1 saturated carbocycles. The Labute approximate surface area is 93.5 Å². The standard InChI is InChI=1S/C14H23N/c1-11-5-8-15-10-13(6-7-13)9-14(11,15)12(2,3)4/h1,5-10H2,2-4H3. The number of fused-ring (bicyclic) bond motifs is 1. The first-order valence-electron chi connectivity index (χ1n) is 6.33. The lowest BCUT2D eigenvalue weighted by molar-refractivity contribution is 0.0928. The monoisotopic (exact) mass is 205 g/mol. The van der Waals surface area contributed by atoms with Crippen LogP contribution in [0.15, 0.2) is 12.2 Å². The first-order chi connectivity index (χ1) is 6.90. The fraction of sp³-hybridized carbons (Fsp3) is 0.857. The topological polar surface area (TPSA) is 3.24 Å². The number of rotatable bonds is 0. The second kappa shape index (κ2) is 2.51. The quantitative estimate of drug-likeness (QED) is 0.549. The van der Waals surface area contributed by atoms with E-state index in [9.17, 15) is 0 Å². The summed E-state index contributed by atoms with van der Waals surface area (Å²) in [5.41, 5.74) is 2.91. The van der Waals surface area contributed by atoms with Gasteiger partial charge in [-0.15, -0.1) is 0 Å². The third kappa shape index (κ3) is 1.08. The van der Waals surface area contributed by atoms with Gasteiger partial charge in [0.2, 0.25) is 0 Å². The van der Waals surface area contributed by atoms with Gasteiger partial charge in [0.1, 0.15) is 0 Å². The Morgan fingerprint density at radius 1 is 1.27 bits per heavy atom. The minimum atomic E-state index is 0.337. The van der Waals surface area contributed by atoms with Crippen molar-refractivity contribution in [1.82, 2.24) is 4.90 Å². The van der Waals surface area contributed by atoms with Gasteiger partial charge in [0.15, 0.2) is 0 Å². The highest BCUT2D eigenvalue weighted by molar-refractivity contribution is 5.33. The highest BCUT2D eigenvalue weighted by atomic mass is 15.3. The van der Waals surface area contributed by atoms with E-state index in [0.717, 1.165) is 0 Å². The minimum Gasteiger partial charge on any atom is -0.293 e. The van der Waals surface area contributed by atoms with Gasteiger partial charge < -0.3 is 0 Å². The second-order valence-electron chi connectivity index (χ2n) is 7.06. The Balaban J connectivity index is 2.04. The maximum Gasteiger partial charge on any atom is 0.0472 e. The summed E-state index contributed by atoms with van der Waals surface area (Å²) in [6.07, 6.45) is 5.55. The SMILES string of the molecule is C=C1CCN2CC3(CC3)CC12C(C)(C)C. The first kappa shape index (κ1) is 9.89. The molecule has 3 aliphatic rings. The molecule has 3 fully saturated rings. The van der Waals surface area contributed by atoms with Crippen molar-refractivity contribution < 1.29 is 0 Å². The van der Waals surface area contributed by atoms with E-state index in [0.29, 0.717) is 16.4 Å². The summed E-state index contributed by atoms with van der Waals surface area (Å²) in [7, 11) is 0. The maximum absolute atomic E-state index is 4.39. The largest absolute Gasteiger partial charge is 0.293 e. The number of hydrogen-bond donors (Lipinski definition) is 0. The van der Waals surface area contributed by atoms with E-state index in [4.69, 9.17) is 0 Å². The average Bonchev–Trinajstić information content (AvgIpc) is 2.63. The van der Waals surface area contributed by atoms with Gasteiger partial charge in [-0.25, -0.2) is 0 Å². The zero-order chi connectivity index (χ0) is 10.9. The zero-order valence-corrected chi connectivity index (χ0v) is 10.4. The first-order valence-corrected chi connectivity index (χ1v) is 6.33. The molecule has 0 aromatic heterocycles. The summed E-state index contributed by atoms with van der Waals surface area (Å²) < 4.78 is 0. The minimum absolute atomic E-state index is 0.337. The number of hydrogen-bond acceptors (Lipinski definition) is 1. The van der Waals surface area contributed by atoms with Gasteiger partial charge >= 0.3 is 0 Å². The molecular formula is C14H23N. The van der Waals surface area contributed by atoms with Crippen molar-refractivity contribution in [3.63, 3.8) is 0 Å². The molecule has 3 rings (SSSR count). The van der Waals surface area contributed by atoms with E-state index in [1.165, 1.54) is 44.3 Å². The van der Waals surface area contributed by atoms with E-state index in [2.05, 4.69) is 32.3 Å². The Hall–Kier alpha value is -0.300. The van der Waals surface area contributed by atoms with E-state index >= 15 is 0 Å². The van der Waals surface area contributed by atoms with E-state index < -0.39 is 0 Å². The third-order valence-electron chi connectivity index (χ3n) is 5.16. The molecule has 0 radical (unpaired) electrons. The normalized spacial score (nSPS) is 38.7. The Morgan fingerprint density at radius 3 is 2.40 bits per heavy atom. The average molecular weight is 205 g/mol. The molecule has 1 nitrogen and oxygen atoms in total. The third-order valence-corrected chi connectivity index (χ3v) is 5.16. The molecule has 1 spiro atoms. The fourth-order valence-electron chi connectivity index (χ4n) is 4.13. The predicted molar refractivity (Wildman–Crippen MR) is 63.8 cm³/mol. The van der Waals surface area contributed by atoms with Crippen molar-refractivity contribution in [2.24, 2.45) is 10.8 Å². The lowest BCUT2D eigenvalue weighted by Gasteiger charge is -2.45. The molecule has 0 aromatic rings. The van der Waals surface area contributed by atoms with E-state index in [1.807, 2.05) is 0 Å². The van der Waals surface area contributed by atoms with Crippen LogP contribution in [0.25, 0.3) is 0 Å². The van der Waals surface area contributed by atoms with Gasteiger partial charge in [0.05, 0.1) is 0 Å². The molecule has 1 atom stereocenters. The van der Waals surface area contributed by atoms with Crippen LogP contribution in [0.2, 0.25) is 0 Å². The molecule has 0 amide bonds. The van der Waals surface area contributed by atoms with Crippen molar-refractivity contribution in [2.75, 3.05) is 13.1 Å². The van der Waals surface area contributed by atoms with Crippen LogP contribution in [-0.4, -0.2) is 23.5 Å². The summed E-state index contributed by atoms with van der Waals surface area (Å²) in [4.78, 5) is 2.75. The lowest BCUT2D eigenvalue weighted by Crippen LogP contribution is -2.50. The van der Waals surface area contributed by atoms with Gasteiger partial charge in [-0.2, -0.15) is 0 Å². The molecule has 2 heterocycles. The highest BCUT2D eigenvalue weighted by Gasteiger charge is 2.64. The van der Waals surface area contributed by atoms with Gasteiger partial charge in [-0.3, -0.25) is 4.90 Å². The van der Waals surface area contributed by atoms with Gasteiger partial charge in [0, 0.05) is 18.6 Å². The van der Waals surface area contributed by atoms with E-state index in [1.54, 1.807) is 0 Å². The van der Waals surface area contributed by atoms with E-state index in [-0.39, 0.29) is 0 Å². The molecule has 1 heteroatoms. The fourth-order valence-corrected chi connectivity index (χ4v) is 4.13. The lowest BCUT2D eigenvalue weighted by atomic mass is 9.67. The van der Waals surface area contributed by atoms with Gasteiger partial charge in [-0.05, 0) is 36.5 Å². The van der Waals surface area contributed by atoms with Crippen LogP contribution in [0.5, 0.6) is 0 Å². The van der Waals surface area contributed by atoms with Crippen LogP contribution in [0.4, 0.5) is 0 Å². The van der Waals surface area contributed by atoms with Gasteiger partial charge in [0.25, 0.3) is 0 Å². The molecule has 0 bridgehead atoms. The molecule has 0 aromatic carbocycles. The Kier molecular flexibility index (Phi) is 1.65. The van der Waals surface area contributed by atoms with Crippen molar-refractivity contribution in [1.29, 1.82) is 0 Å². The van der Waals surface area contributed by atoms with Crippen LogP contribution < -0.4 is 0 Å². The molecule has 1 aliphatic carbocycles. The summed E-state index contributed by atoms with van der Waals surface area (Å²) >= 11 is 0. The van der Waals surface area contributed by atoms with Crippen LogP contribution in [0.3, 0.4) is 0 Å². The van der Waals surface area contributed by atoms with Crippen molar-refractivity contribution in [3.8, 4) is 0 Å². The van der Waals surface area contributed by atoms with Crippen LogP contribution in [0, 0.1) is 10.8 Å². The predicted octanol–water partition coefficient (Wildman–Crippen LogP) is 3.22. The maximum atomic E-state index is 4.39. The molecule has 0 N–H and O–H groups in total. The number of nitrogens with zero attached hydrogens (tertiary/aromatic N) is 1. The van der Waals surface area contributed by atoms with Crippen molar-refractivity contribution >= 4 is 0 Å². The molecule has 2 saturated heterocycles.